The average Bonchev–Trinajstić information content (AvgIpc) is 2.28. The molecule has 5 heteroatoms. The van der Waals surface area contributed by atoms with E-state index in [1.165, 1.54) is 0 Å². The van der Waals surface area contributed by atoms with Crippen molar-refractivity contribution in [1.82, 2.24) is 5.32 Å². The van der Waals surface area contributed by atoms with E-state index in [-0.39, 0.29) is 17.7 Å². The van der Waals surface area contributed by atoms with Gasteiger partial charge in [0.2, 0.25) is 5.91 Å². The van der Waals surface area contributed by atoms with Gasteiger partial charge in [-0.2, -0.15) is 0 Å². The lowest BCUT2D eigenvalue weighted by Crippen LogP contribution is -2.49. The van der Waals surface area contributed by atoms with Gasteiger partial charge >= 0.3 is 0 Å². The summed E-state index contributed by atoms with van der Waals surface area (Å²) in [5, 5.41) is 13.0. The molecule has 1 aliphatic rings. The van der Waals surface area contributed by atoms with Crippen LogP contribution >= 0.6 is 0 Å². The van der Waals surface area contributed by atoms with Gasteiger partial charge in [-0.25, -0.2) is 0 Å². The number of carbonyl (C=O) groups is 1. The van der Waals surface area contributed by atoms with Crippen LogP contribution in [0.4, 0.5) is 0 Å². The molecule has 1 saturated heterocycles. The molecule has 1 fully saturated rings. The molecule has 1 heterocycles. The Morgan fingerprint density at radius 1 is 1.47 bits per heavy atom. The van der Waals surface area contributed by atoms with Gasteiger partial charge in [-0.05, 0) is 5.92 Å². The lowest BCUT2D eigenvalue weighted by Gasteiger charge is -2.32. The molecule has 0 saturated carbocycles. The minimum atomic E-state index is -0.815. The Kier molecular flexibility index (Phi) is 5.36. The van der Waals surface area contributed by atoms with Gasteiger partial charge in [0, 0.05) is 39.1 Å². The maximum atomic E-state index is 11.9. The Bertz CT molecular complexity index is 250. The van der Waals surface area contributed by atoms with Crippen molar-refractivity contribution in [2.75, 3.05) is 26.3 Å². The van der Waals surface area contributed by atoms with Crippen molar-refractivity contribution in [1.29, 1.82) is 0 Å². The smallest absolute Gasteiger partial charge is 0.224 e. The number of ether oxygens (including phenoxy) is 1. The first-order valence-electron chi connectivity index (χ1n) is 6.26. The van der Waals surface area contributed by atoms with Crippen molar-refractivity contribution in [2.24, 2.45) is 17.6 Å². The Labute approximate surface area is 103 Å². The topological polar surface area (TPSA) is 84.6 Å². The molecule has 0 aromatic heterocycles. The van der Waals surface area contributed by atoms with Crippen LogP contribution in [0, 0.1) is 11.8 Å². The fourth-order valence-corrected chi connectivity index (χ4v) is 1.99. The van der Waals surface area contributed by atoms with Gasteiger partial charge in [0.1, 0.15) is 0 Å². The highest BCUT2D eigenvalue weighted by molar-refractivity contribution is 5.79. The third kappa shape index (κ3) is 4.26. The summed E-state index contributed by atoms with van der Waals surface area (Å²) in [6.45, 7) is 5.68. The monoisotopic (exact) mass is 244 g/mol. The standard InChI is InChI=1S/C12H24N2O3/c1-9(2)10(7-13)11(15)14-8-12(16)3-5-17-6-4-12/h9-10,16H,3-8,13H2,1-2H3,(H,14,15). The predicted octanol–water partition coefficient (Wildman–Crippen LogP) is -0.125. The number of hydrogen-bond acceptors (Lipinski definition) is 4. The third-order valence-electron chi connectivity index (χ3n) is 3.41. The van der Waals surface area contributed by atoms with Gasteiger partial charge in [-0.1, -0.05) is 13.8 Å². The fourth-order valence-electron chi connectivity index (χ4n) is 1.99. The van der Waals surface area contributed by atoms with Crippen LogP contribution in [0.5, 0.6) is 0 Å². The molecule has 0 aliphatic carbocycles. The highest BCUT2D eigenvalue weighted by Crippen LogP contribution is 2.19. The second-order valence-electron chi connectivity index (χ2n) is 5.14. The zero-order valence-electron chi connectivity index (χ0n) is 10.7. The normalized spacial score (nSPS) is 21.2. The number of aliphatic hydroxyl groups is 1. The van der Waals surface area contributed by atoms with Crippen molar-refractivity contribution in [3.05, 3.63) is 0 Å². The molecular weight excluding hydrogens is 220 g/mol. The SMILES string of the molecule is CC(C)C(CN)C(=O)NCC1(O)CCOCC1. The molecule has 1 aliphatic heterocycles. The summed E-state index contributed by atoms with van der Waals surface area (Å²) in [6.07, 6.45) is 1.14. The fraction of sp³-hybridized carbons (Fsp3) is 0.917. The Morgan fingerprint density at radius 3 is 2.53 bits per heavy atom. The Hall–Kier alpha value is -0.650. The van der Waals surface area contributed by atoms with Crippen molar-refractivity contribution in [2.45, 2.75) is 32.3 Å². The van der Waals surface area contributed by atoms with Gasteiger partial charge in [0.05, 0.1) is 11.5 Å². The highest BCUT2D eigenvalue weighted by atomic mass is 16.5. The van der Waals surface area contributed by atoms with Crippen LogP contribution in [-0.4, -0.2) is 42.9 Å². The van der Waals surface area contributed by atoms with Crippen molar-refractivity contribution in [3.8, 4) is 0 Å². The van der Waals surface area contributed by atoms with E-state index in [0.29, 0.717) is 39.1 Å². The van der Waals surface area contributed by atoms with Crippen molar-refractivity contribution in [3.63, 3.8) is 0 Å². The van der Waals surface area contributed by atoms with E-state index in [2.05, 4.69) is 5.32 Å². The lowest BCUT2D eigenvalue weighted by atomic mass is 9.92. The molecular formula is C12H24N2O3. The molecule has 100 valence electrons. The maximum absolute atomic E-state index is 11.9. The Balaban J connectivity index is 2.41. The van der Waals surface area contributed by atoms with Crippen molar-refractivity contribution < 1.29 is 14.6 Å². The zero-order valence-corrected chi connectivity index (χ0v) is 10.7. The number of carbonyl (C=O) groups excluding carboxylic acids is 1. The number of nitrogens with two attached hydrogens (primary N) is 1. The van der Waals surface area contributed by atoms with Crippen LogP contribution in [0.1, 0.15) is 26.7 Å². The predicted molar refractivity (Wildman–Crippen MR) is 65.4 cm³/mol. The van der Waals surface area contributed by atoms with Gasteiger partial charge < -0.3 is 20.9 Å². The van der Waals surface area contributed by atoms with Crippen LogP contribution in [0.2, 0.25) is 0 Å². The first-order chi connectivity index (χ1) is 7.98. The first-order valence-corrected chi connectivity index (χ1v) is 6.26. The summed E-state index contributed by atoms with van der Waals surface area (Å²) in [4.78, 5) is 11.9. The van der Waals surface area contributed by atoms with Crippen LogP contribution < -0.4 is 11.1 Å². The van der Waals surface area contributed by atoms with Crippen LogP contribution in [0.15, 0.2) is 0 Å². The molecule has 1 amide bonds. The van der Waals surface area contributed by atoms with Gasteiger partial charge in [-0.15, -0.1) is 0 Å². The molecule has 17 heavy (non-hydrogen) atoms. The zero-order chi connectivity index (χ0) is 12.9. The molecule has 5 nitrogen and oxygen atoms in total. The summed E-state index contributed by atoms with van der Waals surface area (Å²) in [5.41, 5.74) is 4.76. The lowest BCUT2D eigenvalue weighted by molar-refractivity contribution is -0.128. The second-order valence-corrected chi connectivity index (χ2v) is 5.14. The second kappa shape index (κ2) is 6.33. The molecule has 0 aromatic carbocycles. The molecule has 4 N–H and O–H groups in total. The average molecular weight is 244 g/mol. The van der Waals surface area contributed by atoms with Crippen molar-refractivity contribution >= 4 is 5.91 Å². The summed E-state index contributed by atoms with van der Waals surface area (Å²) < 4.78 is 5.19. The van der Waals surface area contributed by atoms with Crippen LogP contribution in [0.3, 0.4) is 0 Å². The van der Waals surface area contributed by atoms with E-state index in [1.54, 1.807) is 0 Å². The molecule has 0 bridgehead atoms. The molecule has 0 radical (unpaired) electrons. The van der Waals surface area contributed by atoms with E-state index in [0.717, 1.165) is 0 Å². The van der Waals surface area contributed by atoms with Gasteiger partial charge in [0.25, 0.3) is 0 Å². The number of hydrogen-bond donors (Lipinski definition) is 3. The van der Waals surface area contributed by atoms with Gasteiger partial charge in [0.15, 0.2) is 0 Å². The summed E-state index contributed by atoms with van der Waals surface area (Å²) in [5.74, 6) is -0.0369. The number of rotatable bonds is 5. The molecule has 1 atom stereocenters. The molecule has 0 spiro atoms. The van der Waals surface area contributed by atoms with E-state index < -0.39 is 5.60 Å². The summed E-state index contributed by atoms with van der Waals surface area (Å²) in [6, 6.07) is 0. The molecule has 1 unspecified atom stereocenters. The minimum Gasteiger partial charge on any atom is -0.388 e. The summed E-state index contributed by atoms with van der Waals surface area (Å²) >= 11 is 0. The number of nitrogens with one attached hydrogen (secondary N) is 1. The quantitative estimate of drug-likeness (QED) is 0.629. The van der Waals surface area contributed by atoms with E-state index in [1.807, 2.05) is 13.8 Å². The first kappa shape index (κ1) is 14.4. The molecule has 1 rings (SSSR count). The molecule has 0 aromatic rings. The van der Waals surface area contributed by atoms with E-state index >= 15 is 0 Å². The highest BCUT2D eigenvalue weighted by Gasteiger charge is 2.31. The van der Waals surface area contributed by atoms with E-state index in [4.69, 9.17) is 10.5 Å². The largest absolute Gasteiger partial charge is 0.388 e. The van der Waals surface area contributed by atoms with E-state index in [9.17, 15) is 9.90 Å². The number of amides is 1. The van der Waals surface area contributed by atoms with Crippen LogP contribution in [-0.2, 0) is 9.53 Å². The third-order valence-corrected chi connectivity index (χ3v) is 3.41. The summed E-state index contributed by atoms with van der Waals surface area (Å²) in [7, 11) is 0. The van der Waals surface area contributed by atoms with Gasteiger partial charge in [-0.3, -0.25) is 4.79 Å². The Morgan fingerprint density at radius 2 is 2.06 bits per heavy atom. The minimum absolute atomic E-state index is 0.0672. The van der Waals surface area contributed by atoms with Crippen LogP contribution in [0.25, 0.3) is 0 Å². The maximum Gasteiger partial charge on any atom is 0.224 e.